The molecule has 92 valence electrons. The minimum atomic E-state index is -1.24. The van der Waals surface area contributed by atoms with Crippen LogP contribution in [0.15, 0.2) is 11.8 Å². The third kappa shape index (κ3) is 3.45. The van der Waals surface area contributed by atoms with Crippen molar-refractivity contribution < 1.29 is 14.6 Å². The van der Waals surface area contributed by atoms with Crippen LogP contribution in [0.3, 0.4) is 0 Å². The second-order valence-corrected chi connectivity index (χ2v) is 11.1. The van der Waals surface area contributed by atoms with E-state index >= 15 is 0 Å². The van der Waals surface area contributed by atoms with Gasteiger partial charge in [0, 0.05) is 12.8 Å². The zero-order valence-corrected chi connectivity index (χ0v) is 11.6. The van der Waals surface area contributed by atoms with Gasteiger partial charge >= 0.3 is 5.97 Å². The van der Waals surface area contributed by atoms with Gasteiger partial charge in [-0.25, -0.2) is 0 Å². The smallest absolute Gasteiger partial charge is 0.307 e. The van der Waals surface area contributed by atoms with Crippen molar-refractivity contribution in [3.05, 3.63) is 11.8 Å². The molecule has 0 spiro atoms. The number of aliphatic hydroxyl groups is 1. The third-order valence-corrected chi connectivity index (χ3v) is 5.87. The summed E-state index contributed by atoms with van der Waals surface area (Å²) < 4.78 is 5.20. The van der Waals surface area contributed by atoms with Gasteiger partial charge in [-0.1, -0.05) is 19.6 Å². The van der Waals surface area contributed by atoms with Crippen LogP contribution < -0.4 is 0 Å². The molecule has 0 saturated heterocycles. The van der Waals surface area contributed by atoms with E-state index in [9.17, 15) is 9.90 Å². The summed E-state index contributed by atoms with van der Waals surface area (Å²) in [5, 5.41) is 9.24. The monoisotopic (exact) mass is 242 g/mol. The molecule has 0 unspecified atom stereocenters. The van der Waals surface area contributed by atoms with Crippen molar-refractivity contribution in [2.75, 3.05) is 6.61 Å². The van der Waals surface area contributed by atoms with Crippen LogP contribution in [-0.4, -0.2) is 25.8 Å². The molecule has 16 heavy (non-hydrogen) atoms. The number of hydrogen-bond donors (Lipinski definition) is 1. The number of allylic oxidation sites excluding steroid dienone is 1. The van der Waals surface area contributed by atoms with E-state index in [1.54, 1.807) is 0 Å². The average molecular weight is 242 g/mol. The first-order valence-electron chi connectivity index (χ1n) is 5.85. The fourth-order valence-corrected chi connectivity index (χ4v) is 3.79. The zero-order chi connectivity index (χ0) is 12.3. The minimum absolute atomic E-state index is 0.0106. The van der Waals surface area contributed by atoms with Crippen LogP contribution in [-0.2, 0) is 9.53 Å². The van der Waals surface area contributed by atoms with E-state index in [2.05, 4.69) is 25.7 Å². The van der Waals surface area contributed by atoms with E-state index < -0.39 is 8.07 Å². The molecule has 1 N–H and O–H groups in total. The van der Waals surface area contributed by atoms with Gasteiger partial charge in [-0.3, -0.25) is 4.79 Å². The Labute approximate surface area is 98.5 Å². The Balaban J connectivity index is 2.86. The summed E-state index contributed by atoms with van der Waals surface area (Å²) in [6, 6.07) is 0. The number of rotatable bonds is 3. The van der Waals surface area contributed by atoms with E-state index in [-0.39, 0.29) is 18.5 Å². The summed E-state index contributed by atoms with van der Waals surface area (Å²) in [6.45, 7) is 8.43. The fraction of sp³-hybridized carbons (Fsp3) is 0.750. The predicted molar refractivity (Wildman–Crippen MR) is 66.8 cm³/mol. The van der Waals surface area contributed by atoms with Gasteiger partial charge in [-0.05, 0) is 24.5 Å². The van der Waals surface area contributed by atoms with Gasteiger partial charge in [0.1, 0.15) is 5.76 Å². The molecule has 0 amide bonds. The van der Waals surface area contributed by atoms with Gasteiger partial charge in [-0.15, -0.1) is 0 Å². The maximum absolute atomic E-state index is 11.0. The molecule has 0 aromatic rings. The van der Waals surface area contributed by atoms with Gasteiger partial charge < -0.3 is 9.84 Å². The molecule has 0 saturated carbocycles. The van der Waals surface area contributed by atoms with Crippen molar-refractivity contribution in [2.24, 2.45) is 5.92 Å². The maximum atomic E-state index is 11.0. The van der Waals surface area contributed by atoms with Crippen molar-refractivity contribution in [3.8, 4) is 0 Å². The lowest BCUT2D eigenvalue weighted by Crippen LogP contribution is -2.31. The highest BCUT2D eigenvalue weighted by Gasteiger charge is 2.32. The first-order chi connectivity index (χ1) is 7.34. The molecule has 1 rings (SSSR count). The van der Waals surface area contributed by atoms with Crippen molar-refractivity contribution >= 4 is 14.0 Å². The van der Waals surface area contributed by atoms with E-state index in [1.165, 1.54) is 6.92 Å². The average Bonchev–Trinajstić information content (AvgIpc) is 2.15. The Morgan fingerprint density at radius 3 is 2.56 bits per heavy atom. The molecule has 0 aromatic heterocycles. The van der Waals surface area contributed by atoms with E-state index in [0.717, 1.165) is 12.8 Å². The summed E-state index contributed by atoms with van der Waals surface area (Å²) in [6.07, 6.45) is 4.11. The van der Waals surface area contributed by atoms with Crippen molar-refractivity contribution in [1.82, 2.24) is 0 Å². The highest BCUT2D eigenvalue weighted by molar-refractivity contribution is 6.78. The molecule has 2 atom stereocenters. The van der Waals surface area contributed by atoms with Crippen molar-refractivity contribution in [1.29, 1.82) is 0 Å². The number of carbonyl (C=O) groups excluding carboxylic acids is 1. The van der Waals surface area contributed by atoms with Crippen LogP contribution in [0.1, 0.15) is 19.8 Å². The zero-order valence-electron chi connectivity index (χ0n) is 10.6. The van der Waals surface area contributed by atoms with E-state index in [0.29, 0.717) is 11.3 Å². The van der Waals surface area contributed by atoms with Gasteiger partial charge in [0.2, 0.25) is 0 Å². The van der Waals surface area contributed by atoms with Crippen LogP contribution in [0, 0.1) is 5.92 Å². The molecule has 0 aromatic carbocycles. The van der Waals surface area contributed by atoms with E-state index in [4.69, 9.17) is 4.74 Å². The molecular weight excluding hydrogens is 220 g/mol. The standard InChI is InChI=1S/C12H22O3Si/c1-9(14)15-12-7-11(16(2,3)4)6-5-10(12)8-13/h7,10-11,13H,5-6,8H2,1-4H3/t10-,11+/m1/s1. The highest BCUT2D eigenvalue weighted by Crippen LogP contribution is 2.38. The quantitative estimate of drug-likeness (QED) is 0.611. The summed E-state index contributed by atoms with van der Waals surface area (Å²) in [7, 11) is -1.24. The molecule has 4 heteroatoms. The van der Waals surface area contributed by atoms with Gasteiger partial charge in [0.15, 0.2) is 0 Å². The largest absolute Gasteiger partial charge is 0.431 e. The second kappa shape index (κ2) is 5.14. The van der Waals surface area contributed by atoms with Crippen molar-refractivity contribution in [2.45, 2.75) is 44.9 Å². The molecule has 3 nitrogen and oxygen atoms in total. The maximum Gasteiger partial charge on any atom is 0.307 e. The van der Waals surface area contributed by atoms with Gasteiger partial charge in [0.05, 0.1) is 14.7 Å². The normalized spacial score (nSPS) is 26.2. The van der Waals surface area contributed by atoms with Gasteiger partial charge in [0.25, 0.3) is 0 Å². The molecule has 1 aliphatic rings. The van der Waals surface area contributed by atoms with Crippen molar-refractivity contribution in [3.63, 3.8) is 0 Å². The predicted octanol–water partition coefficient (Wildman–Crippen LogP) is 2.54. The number of esters is 1. The van der Waals surface area contributed by atoms with Crippen LogP contribution in [0.2, 0.25) is 25.2 Å². The molecule has 0 heterocycles. The molecule has 0 aliphatic heterocycles. The first kappa shape index (κ1) is 13.5. The summed E-state index contributed by atoms with van der Waals surface area (Å²) in [5.74, 6) is 0.408. The highest BCUT2D eigenvalue weighted by atomic mass is 28.3. The second-order valence-electron chi connectivity index (χ2n) is 5.59. The lowest BCUT2D eigenvalue weighted by atomic mass is 9.94. The lowest BCUT2D eigenvalue weighted by molar-refractivity contribution is -0.138. The Hall–Kier alpha value is -0.613. The topological polar surface area (TPSA) is 46.5 Å². The number of hydrogen-bond acceptors (Lipinski definition) is 3. The minimum Gasteiger partial charge on any atom is -0.431 e. The summed E-state index contributed by atoms with van der Waals surface area (Å²) in [5.41, 5.74) is 0.546. The Morgan fingerprint density at radius 2 is 2.12 bits per heavy atom. The Morgan fingerprint density at radius 1 is 1.50 bits per heavy atom. The van der Waals surface area contributed by atoms with Crippen LogP contribution in [0.5, 0.6) is 0 Å². The molecular formula is C12H22O3Si. The molecule has 0 fully saturated rings. The van der Waals surface area contributed by atoms with Crippen LogP contribution >= 0.6 is 0 Å². The number of carbonyl (C=O) groups is 1. The SMILES string of the molecule is CC(=O)OC1=C[C@@H]([Si](C)(C)C)CC[C@@H]1CO. The third-order valence-electron chi connectivity index (χ3n) is 3.19. The summed E-state index contributed by atoms with van der Waals surface area (Å²) in [4.78, 5) is 11.0. The number of ether oxygens (including phenoxy) is 1. The lowest BCUT2D eigenvalue weighted by Gasteiger charge is -2.33. The van der Waals surface area contributed by atoms with E-state index in [1.807, 2.05) is 0 Å². The van der Waals surface area contributed by atoms with Crippen LogP contribution in [0.25, 0.3) is 0 Å². The Bertz CT molecular complexity index is 291. The molecule has 0 radical (unpaired) electrons. The Kier molecular flexibility index (Phi) is 4.33. The first-order valence-corrected chi connectivity index (χ1v) is 9.43. The number of aliphatic hydroxyl groups excluding tert-OH is 1. The molecule has 0 bridgehead atoms. The van der Waals surface area contributed by atoms with Gasteiger partial charge in [-0.2, -0.15) is 0 Å². The summed E-state index contributed by atoms with van der Waals surface area (Å²) >= 11 is 0. The molecule has 1 aliphatic carbocycles. The fourth-order valence-electron chi connectivity index (χ4n) is 2.09. The van der Waals surface area contributed by atoms with Crippen LogP contribution in [0.4, 0.5) is 0 Å².